The fourth-order valence-corrected chi connectivity index (χ4v) is 3.67. The second-order valence-corrected chi connectivity index (χ2v) is 7.20. The van der Waals surface area contributed by atoms with Crippen LogP contribution in [-0.2, 0) is 0 Å². The smallest absolute Gasteiger partial charge is 0.261 e. The van der Waals surface area contributed by atoms with E-state index in [4.69, 9.17) is 0 Å². The Morgan fingerprint density at radius 2 is 2.20 bits per heavy atom. The zero-order valence-corrected chi connectivity index (χ0v) is 12.2. The molecule has 0 bridgehead atoms. The van der Waals surface area contributed by atoms with E-state index < -0.39 is 0 Å². The molecule has 1 aromatic rings. The monoisotopic (exact) mass is 351 g/mol. The molecule has 82 valence electrons. The van der Waals surface area contributed by atoms with Crippen LogP contribution < -0.4 is 5.32 Å². The molecule has 0 unspecified atom stereocenters. The number of halogens is 2. The quantitative estimate of drug-likeness (QED) is 0.861. The van der Waals surface area contributed by atoms with Gasteiger partial charge in [0.25, 0.3) is 5.91 Å². The summed E-state index contributed by atoms with van der Waals surface area (Å²) < 4.78 is 1.91. The maximum atomic E-state index is 11.8. The molecule has 1 amide bonds. The van der Waals surface area contributed by atoms with Gasteiger partial charge in [-0.2, -0.15) is 0 Å². The third-order valence-electron chi connectivity index (χ3n) is 2.58. The maximum Gasteiger partial charge on any atom is 0.261 e. The van der Waals surface area contributed by atoms with Crippen LogP contribution in [-0.4, -0.2) is 11.9 Å². The Kier molecular flexibility index (Phi) is 3.52. The van der Waals surface area contributed by atoms with Crippen LogP contribution in [0.5, 0.6) is 0 Å². The van der Waals surface area contributed by atoms with Crippen LogP contribution in [0.15, 0.2) is 14.3 Å². The average molecular weight is 353 g/mol. The fourth-order valence-electron chi connectivity index (χ4n) is 1.74. The van der Waals surface area contributed by atoms with Crippen molar-refractivity contribution in [2.24, 2.45) is 5.92 Å². The SMILES string of the molecule is CC1CC(NC(=O)c2cc(Br)c(Br)s2)C1. The molecule has 2 nitrogen and oxygen atoms in total. The number of thiophene rings is 1. The number of carbonyl (C=O) groups excluding carboxylic acids is 1. The van der Waals surface area contributed by atoms with Crippen molar-refractivity contribution < 1.29 is 4.79 Å². The lowest BCUT2D eigenvalue weighted by atomic mass is 9.82. The summed E-state index contributed by atoms with van der Waals surface area (Å²) in [5.74, 6) is 0.806. The molecule has 1 heterocycles. The Morgan fingerprint density at radius 1 is 1.53 bits per heavy atom. The highest BCUT2D eigenvalue weighted by atomic mass is 79.9. The molecule has 5 heteroatoms. The van der Waals surface area contributed by atoms with E-state index in [1.54, 1.807) is 0 Å². The van der Waals surface area contributed by atoms with Crippen LogP contribution in [0.2, 0.25) is 0 Å². The normalized spacial score (nSPS) is 24.7. The summed E-state index contributed by atoms with van der Waals surface area (Å²) in [6.45, 7) is 2.21. The Bertz CT molecular complexity index is 365. The van der Waals surface area contributed by atoms with E-state index in [0.717, 1.165) is 31.9 Å². The van der Waals surface area contributed by atoms with Crippen molar-refractivity contribution in [1.82, 2.24) is 5.32 Å². The highest BCUT2D eigenvalue weighted by Gasteiger charge is 2.27. The summed E-state index contributed by atoms with van der Waals surface area (Å²) in [5.41, 5.74) is 0. The molecule has 0 saturated heterocycles. The van der Waals surface area contributed by atoms with Crippen molar-refractivity contribution in [2.75, 3.05) is 0 Å². The number of nitrogens with one attached hydrogen (secondary N) is 1. The van der Waals surface area contributed by atoms with Crippen LogP contribution in [0.25, 0.3) is 0 Å². The molecule has 0 aromatic carbocycles. The Hall–Kier alpha value is 0.130. The second-order valence-electron chi connectivity index (χ2n) is 3.98. The molecular weight excluding hydrogens is 342 g/mol. The molecule has 2 rings (SSSR count). The van der Waals surface area contributed by atoms with E-state index >= 15 is 0 Å². The van der Waals surface area contributed by atoms with Gasteiger partial charge in [0.2, 0.25) is 0 Å². The van der Waals surface area contributed by atoms with E-state index in [-0.39, 0.29) is 5.91 Å². The summed E-state index contributed by atoms with van der Waals surface area (Å²) in [6.07, 6.45) is 2.22. The summed E-state index contributed by atoms with van der Waals surface area (Å²) in [7, 11) is 0. The molecule has 1 aromatic heterocycles. The van der Waals surface area contributed by atoms with Crippen LogP contribution >= 0.6 is 43.2 Å². The Morgan fingerprint density at radius 3 is 2.67 bits per heavy atom. The highest BCUT2D eigenvalue weighted by Crippen LogP contribution is 2.33. The van der Waals surface area contributed by atoms with E-state index in [0.29, 0.717) is 6.04 Å². The van der Waals surface area contributed by atoms with Crippen LogP contribution in [0.3, 0.4) is 0 Å². The van der Waals surface area contributed by atoms with Gasteiger partial charge in [0.15, 0.2) is 0 Å². The van der Waals surface area contributed by atoms with Crippen LogP contribution in [0.1, 0.15) is 29.4 Å². The van der Waals surface area contributed by atoms with Crippen molar-refractivity contribution >= 4 is 49.1 Å². The number of rotatable bonds is 2. The molecule has 0 atom stereocenters. The minimum atomic E-state index is 0.0447. The summed E-state index contributed by atoms with van der Waals surface area (Å²) >= 11 is 8.22. The lowest BCUT2D eigenvalue weighted by molar-refractivity contribution is 0.0900. The molecule has 1 aliphatic carbocycles. The molecule has 1 aliphatic rings. The summed E-state index contributed by atoms with van der Waals surface area (Å²) in [5, 5.41) is 3.03. The van der Waals surface area contributed by atoms with Gasteiger partial charge in [-0.3, -0.25) is 4.79 Å². The van der Waals surface area contributed by atoms with E-state index in [9.17, 15) is 4.79 Å². The summed E-state index contributed by atoms with van der Waals surface area (Å²) in [6, 6.07) is 2.23. The minimum Gasteiger partial charge on any atom is -0.349 e. The first kappa shape index (κ1) is 11.6. The third kappa shape index (κ3) is 2.63. The van der Waals surface area contributed by atoms with E-state index in [1.165, 1.54) is 11.3 Å². The molecule has 0 spiro atoms. The van der Waals surface area contributed by atoms with Crippen molar-refractivity contribution in [3.05, 3.63) is 19.2 Å². The predicted molar refractivity (Wildman–Crippen MR) is 69.4 cm³/mol. The number of carbonyl (C=O) groups is 1. The zero-order valence-electron chi connectivity index (χ0n) is 8.22. The van der Waals surface area contributed by atoms with Crippen molar-refractivity contribution in [3.63, 3.8) is 0 Å². The van der Waals surface area contributed by atoms with Gasteiger partial charge in [-0.1, -0.05) is 6.92 Å². The molecule has 1 saturated carbocycles. The van der Waals surface area contributed by atoms with Gasteiger partial charge in [0.1, 0.15) is 0 Å². The zero-order chi connectivity index (χ0) is 11.0. The predicted octanol–water partition coefficient (Wildman–Crippen LogP) is 3.80. The first-order valence-electron chi connectivity index (χ1n) is 4.82. The molecule has 0 aliphatic heterocycles. The minimum absolute atomic E-state index is 0.0447. The molecular formula is C10H11Br2NOS. The Labute approximate surface area is 110 Å². The van der Waals surface area contributed by atoms with Gasteiger partial charge in [-0.25, -0.2) is 0 Å². The maximum absolute atomic E-state index is 11.8. The van der Waals surface area contributed by atoms with Crippen LogP contribution in [0, 0.1) is 5.92 Å². The first-order chi connectivity index (χ1) is 7.06. The van der Waals surface area contributed by atoms with Gasteiger partial charge in [0, 0.05) is 10.5 Å². The lowest BCUT2D eigenvalue weighted by Gasteiger charge is -2.33. The summed E-state index contributed by atoms with van der Waals surface area (Å²) in [4.78, 5) is 12.5. The Balaban J connectivity index is 1.96. The molecule has 1 fully saturated rings. The fraction of sp³-hybridized carbons (Fsp3) is 0.500. The molecule has 1 N–H and O–H groups in total. The van der Waals surface area contributed by atoms with E-state index in [2.05, 4.69) is 44.1 Å². The van der Waals surface area contributed by atoms with Crippen LogP contribution in [0.4, 0.5) is 0 Å². The van der Waals surface area contributed by atoms with Crippen molar-refractivity contribution in [1.29, 1.82) is 0 Å². The number of hydrogen-bond acceptors (Lipinski definition) is 2. The highest BCUT2D eigenvalue weighted by molar-refractivity contribution is 9.13. The van der Waals surface area contributed by atoms with Gasteiger partial charge < -0.3 is 5.32 Å². The third-order valence-corrected chi connectivity index (χ3v) is 5.83. The van der Waals surface area contributed by atoms with Crippen molar-refractivity contribution in [3.8, 4) is 0 Å². The van der Waals surface area contributed by atoms with Gasteiger partial charge >= 0.3 is 0 Å². The standard InChI is InChI=1S/C10H11Br2NOS/c1-5-2-6(3-5)13-10(14)8-4-7(11)9(12)15-8/h4-6H,2-3H2,1H3,(H,13,14). The molecule has 0 radical (unpaired) electrons. The molecule has 15 heavy (non-hydrogen) atoms. The van der Waals surface area contributed by atoms with Gasteiger partial charge in [0.05, 0.1) is 8.66 Å². The average Bonchev–Trinajstić information content (AvgIpc) is 2.44. The first-order valence-corrected chi connectivity index (χ1v) is 7.22. The van der Waals surface area contributed by atoms with Gasteiger partial charge in [-0.15, -0.1) is 11.3 Å². The topological polar surface area (TPSA) is 29.1 Å². The number of amides is 1. The largest absolute Gasteiger partial charge is 0.349 e. The second kappa shape index (κ2) is 4.55. The number of hydrogen-bond donors (Lipinski definition) is 1. The van der Waals surface area contributed by atoms with Gasteiger partial charge in [-0.05, 0) is 56.7 Å². The lowest BCUT2D eigenvalue weighted by Crippen LogP contribution is -2.43. The van der Waals surface area contributed by atoms with Crippen molar-refractivity contribution in [2.45, 2.75) is 25.8 Å². The van der Waals surface area contributed by atoms with E-state index in [1.807, 2.05) is 6.07 Å².